The summed E-state index contributed by atoms with van der Waals surface area (Å²) in [7, 11) is 0. The molecule has 0 radical (unpaired) electrons. The standard InChI is InChI=1S/C20H20N/c1-16-8-9-17(2)20(14-16)19-10-12-21(13-11-19)15-18-6-4-3-5-7-18/h3-14H,15H2,1-2H3/q+1. The first-order valence-electron chi connectivity index (χ1n) is 7.33. The summed E-state index contributed by atoms with van der Waals surface area (Å²) < 4.78 is 2.21. The molecule has 1 heteroatoms. The van der Waals surface area contributed by atoms with Gasteiger partial charge in [0.1, 0.15) is 0 Å². The molecule has 1 heterocycles. The van der Waals surface area contributed by atoms with E-state index >= 15 is 0 Å². The van der Waals surface area contributed by atoms with E-state index in [-0.39, 0.29) is 0 Å². The molecule has 0 saturated carbocycles. The van der Waals surface area contributed by atoms with E-state index in [1.54, 1.807) is 0 Å². The molecule has 104 valence electrons. The highest BCUT2D eigenvalue weighted by molar-refractivity contribution is 5.67. The van der Waals surface area contributed by atoms with Gasteiger partial charge >= 0.3 is 0 Å². The molecule has 3 rings (SSSR count). The fourth-order valence-electron chi connectivity index (χ4n) is 2.58. The smallest absolute Gasteiger partial charge is 0.173 e. The van der Waals surface area contributed by atoms with Crippen LogP contribution in [0.25, 0.3) is 11.1 Å². The maximum atomic E-state index is 2.26. The van der Waals surface area contributed by atoms with Crippen molar-refractivity contribution in [3.05, 3.63) is 89.7 Å². The number of hydrogen-bond acceptors (Lipinski definition) is 0. The summed E-state index contributed by atoms with van der Waals surface area (Å²) in [6.45, 7) is 5.22. The van der Waals surface area contributed by atoms with Crippen molar-refractivity contribution in [2.45, 2.75) is 20.4 Å². The minimum absolute atomic E-state index is 0.911. The first kappa shape index (κ1) is 13.6. The molecule has 1 nitrogen and oxygen atoms in total. The Kier molecular flexibility index (Phi) is 3.83. The summed E-state index contributed by atoms with van der Waals surface area (Å²) in [6.07, 6.45) is 4.31. The Balaban J connectivity index is 1.85. The van der Waals surface area contributed by atoms with E-state index in [0.29, 0.717) is 0 Å². The van der Waals surface area contributed by atoms with Crippen LogP contribution in [0.5, 0.6) is 0 Å². The number of rotatable bonds is 3. The number of pyridine rings is 1. The Morgan fingerprint density at radius 1 is 0.810 bits per heavy atom. The molecule has 0 unspecified atom stereocenters. The van der Waals surface area contributed by atoms with Crippen molar-refractivity contribution >= 4 is 0 Å². The minimum Gasteiger partial charge on any atom is -0.201 e. The van der Waals surface area contributed by atoms with E-state index < -0.39 is 0 Å². The molecule has 0 aliphatic rings. The van der Waals surface area contributed by atoms with Crippen molar-refractivity contribution in [3.8, 4) is 11.1 Å². The van der Waals surface area contributed by atoms with E-state index in [4.69, 9.17) is 0 Å². The maximum Gasteiger partial charge on any atom is 0.173 e. The van der Waals surface area contributed by atoms with Crippen LogP contribution >= 0.6 is 0 Å². The number of hydrogen-bond donors (Lipinski definition) is 0. The largest absolute Gasteiger partial charge is 0.201 e. The Bertz CT molecular complexity index is 728. The van der Waals surface area contributed by atoms with Crippen LogP contribution < -0.4 is 4.57 Å². The Hall–Kier alpha value is -2.41. The molecular weight excluding hydrogens is 254 g/mol. The molecule has 0 aliphatic carbocycles. The third kappa shape index (κ3) is 3.19. The first-order chi connectivity index (χ1) is 10.2. The predicted molar refractivity (Wildman–Crippen MR) is 87.1 cm³/mol. The zero-order valence-electron chi connectivity index (χ0n) is 12.6. The molecule has 3 aromatic rings. The van der Waals surface area contributed by atoms with E-state index in [0.717, 1.165) is 6.54 Å². The number of benzene rings is 2. The van der Waals surface area contributed by atoms with Gasteiger partial charge in [0.15, 0.2) is 18.9 Å². The summed E-state index contributed by atoms with van der Waals surface area (Å²) in [4.78, 5) is 0. The Morgan fingerprint density at radius 3 is 2.24 bits per heavy atom. The van der Waals surface area contributed by atoms with Gasteiger partial charge in [-0.3, -0.25) is 0 Å². The molecule has 0 bridgehead atoms. The van der Waals surface area contributed by atoms with Crippen molar-refractivity contribution in [3.63, 3.8) is 0 Å². The van der Waals surface area contributed by atoms with Gasteiger partial charge in [-0.1, -0.05) is 54.1 Å². The van der Waals surface area contributed by atoms with Crippen molar-refractivity contribution in [2.24, 2.45) is 0 Å². The van der Waals surface area contributed by atoms with Crippen LogP contribution in [0, 0.1) is 13.8 Å². The van der Waals surface area contributed by atoms with Gasteiger partial charge in [-0.25, -0.2) is 4.57 Å². The van der Waals surface area contributed by atoms with Gasteiger partial charge in [-0.2, -0.15) is 0 Å². The van der Waals surface area contributed by atoms with Crippen LogP contribution in [0.2, 0.25) is 0 Å². The first-order valence-corrected chi connectivity index (χ1v) is 7.33. The lowest BCUT2D eigenvalue weighted by molar-refractivity contribution is -0.688. The second-order valence-corrected chi connectivity index (χ2v) is 5.56. The Morgan fingerprint density at radius 2 is 1.52 bits per heavy atom. The monoisotopic (exact) mass is 274 g/mol. The van der Waals surface area contributed by atoms with Crippen molar-refractivity contribution in [1.29, 1.82) is 0 Å². The average molecular weight is 274 g/mol. The van der Waals surface area contributed by atoms with E-state index in [2.05, 4.69) is 91.5 Å². The molecule has 0 atom stereocenters. The molecule has 0 spiro atoms. The highest BCUT2D eigenvalue weighted by Crippen LogP contribution is 2.23. The van der Waals surface area contributed by atoms with Gasteiger partial charge in [0.05, 0.1) is 0 Å². The second-order valence-electron chi connectivity index (χ2n) is 5.56. The van der Waals surface area contributed by atoms with E-state index in [1.165, 1.54) is 27.8 Å². The Labute approximate surface area is 126 Å². The van der Waals surface area contributed by atoms with Gasteiger partial charge in [-0.05, 0) is 30.5 Å². The van der Waals surface area contributed by atoms with Crippen molar-refractivity contribution in [2.75, 3.05) is 0 Å². The lowest BCUT2D eigenvalue weighted by Crippen LogP contribution is -2.32. The van der Waals surface area contributed by atoms with E-state index in [1.807, 2.05) is 0 Å². The molecule has 1 aromatic heterocycles. The lowest BCUT2D eigenvalue weighted by Gasteiger charge is -2.06. The zero-order chi connectivity index (χ0) is 14.7. The fourth-order valence-corrected chi connectivity index (χ4v) is 2.58. The number of aromatic nitrogens is 1. The van der Waals surface area contributed by atoms with Crippen LogP contribution in [-0.4, -0.2) is 0 Å². The SMILES string of the molecule is Cc1ccc(C)c(-c2cc[n+](Cc3ccccc3)cc2)c1. The van der Waals surface area contributed by atoms with Gasteiger partial charge in [0, 0.05) is 17.7 Å². The van der Waals surface area contributed by atoms with Gasteiger partial charge in [0.2, 0.25) is 0 Å². The fraction of sp³-hybridized carbons (Fsp3) is 0.150. The minimum atomic E-state index is 0.911. The highest BCUT2D eigenvalue weighted by atomic mass is 14.9. The lowest BCUT2D eigenvalue weighted by atomic mass is 9.99. The van der Waals surface area contributed by atoms with Crippen molar-refractivity contribution in [1.82, 2.24) is 0 Å². The van der Waals surface area contributed by atoms with Crippen LogP contribution in [0.4, 0.5) is 0 Å². The van der Waals surface area contributed by atoms with Crippen LogP contribution in [0.15, 0.2) is 73.1 Å². The molecule has 0 aliphatic heterocycles. The van der Waals surface area contributed by atoms with Gasteiger partial charge in [-0.15, -0.1) is 0 Å². The summed E-state index contributed by atoms with van der Waals surface area (Å²) in [6, 6.07) is 21.5. The topological polar surface area (TPSA) is 3.88 Å². The molecule has 0 saturated heterocycles. The van der Waals surface area contributed by atoms with Crippen LogP contribution in [0.1, 0.15) is 16.7 Å². The second kappa shape index (κ2) is 5.92. The molecule has 0 fully saturated rings. The number of nitrogens with zero attached hydrogens (tertiary/aromatic N) is 1. The molecule has 0 amide bonds. The molecule has 21 heavy (non-hydrogen) atoms. The molecule has 2 aromatic carbocycles. The van der Waals surface area contributed by atoms with Crippen LogP contribution in [-0.2, 0) is 6.54 Å². The summed E-state index contributed by atoms with van der Waals surface area (Å²) in [5, 5.41) is 0. The van der Waals surface area contributed by atoms with Gasteiger partial charge < -0.3 is 0 Å². The quantitative estimate of drug-likeness (QED) is 0.627. The highest BCUT2D eigenvalue weighted by Gasteiger charge is 2.06. The summed E-state index contributed by atoms with van der Waals surface area (Å²) in [5.74, 6) is 0. The van der Waals surface area contributed by atoms with Crippen LogP contribution in [0.3, 0.4) is 0 Å². The van der Waals surface area contributed by atoms with Crippen molar-refractivity contribution < 1.29 is 4.57 Å². The third-order valence-corrected chi connectivity index (χ3v) is 3.80. The zero-order valence-corrected chi connectivity index (χ0v) is 12.6. The predicted octanol–water partition coefficient (Wildman–Crippen LogP) is 4.31. The molecule has 0 N–H and O–H groups in total. The molecular formula is C20H20N+. The maximum absolute atomic E-state index is 2.26. The normalized spacial score (nSPS) is 10.6. The average Bonchev–Trinajstić information content (AvgIpc) is 2.52. The summed E-state index contributed by atoms with van der Waals surface area (Å²) >= 11 is 0. The van der Waals surface area contributed by atoms with Gasteiger partial charge in [0.25, 0.3) is 0 Å². The number of aryl methyl sites for hydroxylation is 2. The van der Waals surface area contributed by atoms with E-state index in [9.17, 15) is 0 Å². The summed E-state index contributed by atoms with van der Waals surface area (Å²) in [5.41, 5.74) is 6.54. The third-order valence-electron chi connectivity index (χ3n) is 3.80.